The molecule has 1 aromatic heterocycles. The number of carbonyl (C=O) groups excluding carboxylic acids is 2. The van der Waals surface area contributed by atoms with Crippen LogP contribution in [0.5, 0.6) is 0 Å². The lowest BCUT2D eigenvalue weighted by atomic mass is 9.97. The first-order valence-electron chi connectivity index (χ1n) is 9.67. The maximum Gasteiger partial charge on any atom is 0.243 e. The number of thioether (sulfide) groups is 1. The maximum absolute atomic E-state index is 13.1. The molecule has 8 nitrogen and oxygen atoms in total. The molecule has 0 saturated carbocycles. The highest BCUT2D eigenvalue weighted by Crippen LogP contribution is 2.37. The molecule has 4 rings (SSSR count). The van der Waals surface area contributed by atoms with Gasteiger partial charge in [-0.1, -0.05) is 0 Å². The summed E-state index contributed by atoms with van der Waals surface area (Å²) in [5, 5.41) is 5.38. The van der Waals surface area contributed by atoms with E-state index < -0.39 is 10.0 Å². The molecule has 1 aromatic carbocycles. The summed E-state index contributed by atoms with van der Waals surface area (Å²) in [7, 11) is -3.70. The van der Waals surface area contributed by atoms with Gasteiger partial charge in [0.25, 0.3) is 0 Å². The zero-order valence-corrected chi connectivity index (χ0v) is 18.0. The van der Waals surface area contributed by atoms with Gasteiger partial charge in [0.1, 0.15) is 0 Å². The number of amides is 2. The molecule has 0 spiro atoms. The first kappa shape index (κ1) is 20.8. The van der Waals surface area contributed by atoms with Gasteiger partial charge in [0.05, 0.1) is 27.7 Å². The van der Waals surface area contributed by atoms with Crippen molar-refractivity contribution in [3.05, 3.63) is 42.7 Å². The van der Waals surface area contributed by atoms with Gasteiger partial charge in [0.2, 0.25) is 21.8 Å². The molecule has 3 heterocycles. The van der Waals surface area contributed by atoms with E-state index in [1.54, 1.807) is 36.7 Å². The number of aromatic nitrogens is 1. The normalized spacial score (nSPS) is 20.3. The van der Waals surface area contributed by atoms with Crippen LogP contribution in [0.4, 0.5) is 11.4 Å². The highest BCUT2D eigenvalue weighted by Gasteiger charge is 2.33. The monoisotopic (exact) mass is 446 g/mol. The van der Waals surface area contributed by atoms with Crippen molar-refractivity contribution in [2.24, 2.45) is 5.92 Å². The summed E-state index contributed by atoms with van der Waals surface area (Å²) in [5.41, 5.74) is 1.15. The summed E-state index contributed by atoms with van der Waals surface area (Å²) in [6.07, 6.45) is 4.09. The molecular weight excluding hydrogens is 424 g/mol. The standard InChI is InChI=1S/C20H22N4O4S2/c1-13-19(25)23-17-11-16(4-5-18(17)29-13)30(27,28)24-9-6-14(7-10-24)20(26)22-15-3-2-8-21-12-15/h2-5,8,11-14H,6-7,9-10H2,1H3,(H,22,26)(H,23,25). The van der Waals surface area contributed by atoms with Crippen molar-refractivity contribution >= 4 is 45.0 Å². The molecule has 2 amide bonds. The second-order valence-electron chi connectivity index (χ2n) is 7.32. The van der Waals surface area contributed by atoms with Crippen LogP contribution in [0.1, 0.15) is 19.8 Å². The van der Waals surface area contributed by atoms with Gasteiger partial charge in [-0.25, -0.2) is 8.42 Å². The number of hydrogen-bond acceptors (Lipinski definition) is 6. The van der Waals surface area contributed by atoms with Crippen LogP contribution in [0.3, 0.4) is 0 Å². The number of rotatable bonds is 4. The van der Waals surface area contributed by atoms with Gasteiger partial charge in [0, 0.05) is 30.1 Å². The Morgan fingerprint density at radius 2 is 2.03 bits per heavy atom. The van der Waals surface area contributed by atoms with E-state index in [4.69, 9.17) is 0 Å². The predicted molar refractivity (Wildman–Crippen MR) is 115 cm³/mol. The van der Waals surface area contributed by atoms with Crippen molar-refractivity contribution in [1.82, 2.24) is 9.29 Å². The largest absolute Gasteiger partial charge is 0.324 e. The SMILES string of the molecule is CC1Sc2ccc(S(=O)(=O)N3CCC(C(=O)Nc4cccnc4)CC3)cc2NC1=O. The lowest BCUT2D eigenvalue weighted by Crippen LogP contribution is -2.41. The summed E-state index contributed by atoms with van der Waals surface area (Å²) < 4.78 is 27.6. The number of hydrogen-bond donors (Lipinski definition) is 2. The van der Waals surface area contributed by atoms with Crippen molar-refractivity contribution in [3.8, 4) is 0 Å². The van der Waals surface area contributed by atoms with Crippen molar-refractivity contribution in [2.45, 2.75) is 34.8 Å². The summed E-state index contributed by atoms with van der Waals surface area (Å²) >= 11 is 1.41. The molecule has 30 heavy (non-hydrogen) atoms. The van der Waals surface area contributed by atoms with Crippen molar-refractivity contribution in [3.63, 3.8) is 0 Å². The predicted octanol–water partition coefficient (Wildman–Crippen LogP) is 2.55. The van der Waals surface area contributed by atoms with E-state index >= 15 is 0 Å². The molecule has 158 valence electrons. The molecule has 2 aliphatic rings. The number of benzene rings is 1. The smallest absolute Gasteiger partial charge is 0.243 e. The quantitative estimate of drug-likeness (QED) is 0.747. The molecule has 2 N–H and O–H groups in total. The molecule has 1 saturated heterocycles. The molecule has 1 atom stereocenters. The Morgan fingerprint density at radius 1 is 1.27 bits per heavy atom. The Balaban J connectivity index is 1.42. The van der Waals surface area contributed by atoms with E-state index in [9.17, 15) is 18.0 Å². The molecule has 0 bridgehead atoms. The van der Waals surface area contributed by atoms with Crippen LogP contribution < -0.4 is 10.6 Å². The van der Waals surface area contributed by atoms with Gasteiger partial charge in [-0.05, 0) is 50.1 Å². The summed E-state index contributed by atoms with van der Waals surface area (Å²) in [5.74, 6) is -0.512. The number of nitrogens with one attached hydrogen (secondary N) is 2. The number of carbonyl (C=O) groups is 2. The fourth-order valence-electron chi connectivity index (χ4n) is 3.54. The average Bonchev–Trinajstić information content (AvgIpc) is 2.75. The van der Waals surface area contributed by atoms with Crippen LogP contribution in [0.15, 0.2) is 52.5 Å². The molecule has 10 heteroatoms. The van der Waals surface area contributed by atoms with Crippen LogP contribution in [-0.2, 0) is 19.6 Å². The topological polar surface area (TPSA) is 108 Å². The lowest BCUT2D eigenvalue weighted by molar-refractivity contribution is -0.121. The minimum Gasteiger partial charge on any atom is -0.324 e. The molecule has 1 fully saturated rings. The van der Waals surface area contributed by atoms with E-state index in [1.165, 1.54) is 22.1 Å². The van der Waals surface area contributed by atoms with E-state index in [2.05, 4.69) is 15.6 Å². The van der Waals surface area contributed by atoms with E-state index in [0.717, 1.165) is 4.90 Å². The van der Waals surface area contributed by atoms with Gasteiger partial charge in [-0.3, -0.25) is 14.6 Å². The van der Waals surface area contributed by atoms with Crippen LogP contribution in [0.25, 0.3) is 0 Å². The number of sulfonamides is 1. The summed E-state index contributed by atoms with van der Waals surface area (Å²) in [4.78, 5) is 29.4. The van der Waals surface area contributed by atoms with Crippen LogP contribution in [0.2, 0.25) is 0 Å². The number of anilines is 2. The molecule has 0 radical (unpaired) electrons. The highest BCUT2D eigenvalue weighted by molar-refractivity contribution is 8.01. The zero-order valence-electron chi connectivity index (χ0n) is 16.4. The maximum atomic E-state index is 13.1. The minimum atomic E-state index is -3.70. The van der Waals surface area contributed by atoms with Gasteiger partial charge in [0.15, 0.2) is 0 Å². The van der Waals surface area contributed by atoms with E-state index in [-0.39, 0.29) is 41.0 Å². The number of fused-ring (bicyclic) bond motifs is 1. The Morgan fingerprint density at radius 3 is 2.73 bits per heavy atom. The van der Waals surface area contributed by atoms with Crippen LogP contribution in [-0.4, -0.2) is 47.9 Å². The van der Waals surface area contributed by atoms with Gasteiger partial charge in [-0.15, -0.1) is 11.8 Å². The Labute approximate surface area is 179 Å². The number of pyridine rings is 1. The second-order valence-corrected chi connectivity index (χ2v) is 10.6. The fraction of sp³-hybridized carbons (Fsp3) is 0.350. The molecular formula is C20H22N4O4S2. The molecule has 0 aliphatic carbocycles. The van der Waals surface area contributed by atoms with E-state index in [1.807, 2.05) is 6.92 Å². The Kier molecular flexibility index (Phi) is 5.81. The fourth-order valence-corrected chi connectivity index (χ4v) is 5.96. The highest BCUT2D eigenvalue weighted by atomic mass is 32.2. The molecule has 2 aliphatic heterocycles. The van der Waals surface area contributed by atoms with Crippen LogP contribution in [0, 0.1) is 5.92 Å². The lowest BCUT2D eigenvalue weighted by Gasteiger charge is -2.31. The Hall–Kier alpha value is -2.43. The third kappa shape index (κ3) is 4.21. The second kappa shape index (κ2) is 8.37. The van der Waals surface area contributed by atoms with Crippen LogP contribution >= 0.6 is 11.8 Å². The third-order valence-corrected chi connectivity index (χ3v) is 8.35. The van der Waals surface area contributed by atoms with Gasteiger partial charge >= 0.3 is 0 Å². The zero-order chi connectivity index (χ0) is 21.3. The summed E-state index contributed by atoms with van der Waals surface area (Å²) in [6.45, 7) is 2.34. The average molecular weight is 447 g/mol. The number of nitrogens with zero attached hydrogens (tertiary/aromatic N) is 2. The summed E-state index contributed by atoms with van der Waals surface area (Å²) in [6, 6.07) is 8.33. The number of piperidine rings is 1. The minimum absolute atomic E-state index is 0.123. The van der Waals surface area contributed by atoms with Crippen molar-refractivity contribution in [2.75, 3.05) is 23.7 Å². The van der Waals surface area contributed by atoms with Crippen molar-refractivity contribution in [1.29, 1.82) is 0 Å². The third-order valence-electron chi connectivity index (χ3n) is 5.27. The molecule has 2 aromatic rings. The van der Waals surface area contributed by atoms with Crippen molar-refractivity contribution < 1.29 is 18.0 Å². The first-order valence-corrected chi connectivity index (χ1v) is 12.0. The molecule has 1 unspecified atom stereocenters. The van der Waals surface area contributed by atoms with E-state index in [0.29, 0.717) is 24.2 Å². The Bertz CT molecular complexity index is 1070. The first-order chi connectivity index (χ1) is 14.3. The van der Waals surface area contributed by atoms with Gasteiger partial charge in [-0.2, -0.15) is 4.31 Å². The van der Waals surface area contributed by atoms with Gasteiger partial charge < -0.3 is 10.6 Å².